The number of hydrogen-bond acceptors (Lipinski definition) is 3. The summed E-state index contributed by atoms with van der Waals surface area (Å²) in [6, 6.07) is 5.65. The van der Waals surface area contributed by atoms with Crippen LogP contribution >= 0.6 is 0 Å². The van der Waals surface area contributed by atoms with E-state index in [0.29, 0.717) is 17.9 Å². The summed E-state index contributed by atoms with van der Waals surface area (Å²) in [5.74, 6) is -0.0892. The summed E-state index contributed by atoms with van der Waals surface area (Å²) < 4.78 is 5.68. The van der Waals surface area contributed by atoms with Crippen molar-refractivity contribution < 1.29 is 9.53 Å². The van der Waals surface area contributed by atoms with Gasteiger partial charge < -0.3 is 15.8 Å². The normalized spacial score (nSPS) is 24.0. The Bertz CT molecular complexity index is 491. The Morgan fingerprint density at radius 3 is 2.75 bits per heavy atom. The average molecular weight is 276 g/mol. The molecule has 4 heteroatoms. The lowest BCUT2D eigenvalue weighted by atomic mass is 9.64. The topological polar surface area (TPSA) is 64.3 Å². The van der Waals surface area contributed by atoms with Crippen molar-refractivity contribution in [2.24, 2.45) is 5.41 Å². The van der Waals surface area contributed by atoms with E-state index in [9.17, 15) is 4.79 Å². The first kappa shape index (κ1) is 14.9. The zero-order valence-corrected chi connectivity index (χ0v) is 12.7. The minimum absolute atomic E-state index is 0.0386. The van der Waals surface area contributed by atoms with Crippen molar-refractivity contribution in [3.05, 3.63) is 29.3 Å². The molecule has 0 heterocycles. The second kappa shape index (κ2) is 5.44. The lowest BCUT2D eigenvalue weighted by Crippen LogP contribution is -2.62. The van der Waals surface area contributed by atoms with Crippen molar-refractivity contribution in [2.75, 3.05) is 12.3 Å². The number of carbonyl (C=O) groups excluding carboxylic acids is 1. The fourth-order valence-electron chi connectivity index (χ4n) is 2.85. The fourth-order valence-corrected chi connectivity index (χ4v) is 2.85. The Hall–Kier alpha value is -1.55. The Labute approximate surface area is 120 Å². The van der Waals surface area contributed by atoms with Crippen LogP contribution in [0.1, 0.15) is 43.1 Å². The molecule has 1 aliphatic rings. The van der Waals surface area contributed by atoms with Crippen molar-refractivity contribution in [1.82, 2.24) is 5.32 Å². The summed E-state index contributed by atoms with van der Waals surface area (Å²) in [5, 5.41) is 3.09. The van der Waals surface area contributed by atoms with Gasteiger partial charge in [0.1, 0.15) is 0 Å². The van der Waals surface area contributed by atoms with E-state index in [-0.39, 0.29) is 23.5 Å². The Kier molecular flexibility index (Phi) is 4.04. The van der Waals surface area contributed by atoms with E-state index in [0.717, 1.165) is 12.0 Å². The third-order valence-corrected chi connectivity index (χ3v) is 4.38. The first-order valence-corrected chi connectivity index (χ1v) is 7.15. The second-order valence-electron chi connectivity index (χ2n) is 6.07. The summed E-state index contributed by atoms with van der Waals surface area (Å²) in [7, 11) is 0. The van der Waals surface area contributed by atoms with Crippen LogP contribution in [0.3, 0.4) is 0 Å². The standard InChI is InChI=1S/C16H24N2O2/c1-5-20-13-9-12(16(13,3)4)18-15(19)14-10(2)7-6-8-11(14)17/h6-8,12-13H,5,9,17H2,1-4H3,(H,18,19). The number of anilines is 1. The van der Waals surface area contributed by atoms with Crippen LogP contribution in [0.4, 0.5) is 5.69 Å². The highest BCUT2D eigenvalue weighted by Gasteiger charge is 2.49. The molecule has 0 radical (unpaired) electrons. The van der Waals surface area contributed by atoms with Crippen molar-refractivity contribution in [3.8, 4) is 0 Å². The maximum atomic E-state index is 12.4. The molecule has 1 saturated carbocycles. The summed E-state index contributed by atoms with van der Waals surface area (Å²) in [6.45, 7) is 8.86. The Morgan fingerprint density at radius 1 is 1.50 bits per heavy atom. The van der Waals surface area contributed by atoms with E-state index < -0.39 is 0 Å². The van der Waals surface area contributed by atoms with Crippen LogP contribution in [0.25, 0.3) is 0 Å². The summed E-state index contributed by atoms with van der Waals surface area (Å²) in [5.41, 5.74) is 7.89. The molecule has 2 unspecified atom stereocenters. The smallest absolute Gasteiger partial charge is 0.253 e. The largest absolute Gasteiger partial charge is 0.398 e. The molecule has 2 atom stereocenters. The molecule has 0 aliphatic heterocycles. The van der Waals surface area contributed by atoms with E-state index in [1.54, 1.807) is 6.07 Å². The van der Waals surface area contributed by atoms with Crippen molar-refractivity contribution >= 4 is 11.6 Å². The highest BCUT2D eigenvalue weighted by molar-refractivity contribution is 6.00. The predicted octanol–water partition coefficient (Wildman–Crippen LogP) is 2.51. The molecule has 3 N–H and O–H groups in total. The molecule has 1 aromatic rings. The van der Waals surface area contributed by atoms with E-state index in [2.05, 4.69) is 19.2 Å². The number of carbonyl (C=O) groups is 1. The predicted molar refractivity (Wildman–Crippen MR) is 80.7 cm³/mol. The van der Waals surface area contributed by atoms with E-state index in [1.807, 2.05) is 26.0 Å². The van der Waals surface area contributed by atoms with Gasteiger partial charge >= 0.3 is 0 Å². The van der Waals surface area contributed by atoms with Crippen LogP contribution in [0.2, 0.25) is 0 Å². The van der Waals surface area contributed by atoms with Gasteiger partial charge in [0.2, 0.25) is 0 Å². The van der Waals surface area contributed by atoms with Gasteiger partial charge in [0, 0.05) is 23.8 Å². The maximum absolute atomic E-state index is 12.4. The Balaban J connectivity index is 2.07. The van der Waals surface area contributed by atoms with E-state index in [4.69, 9.17) is 10.5 Å². The number of ether oxygens (including phenoxy) is 1. The van der Waals surface area contributed by atoms with Crippen LogP contribution in [0, 0.1) is 12.3 Å². The molecule has 0 saturated heterocycles. The third kappa shape index (κ3) is 2.52. The molecule has 0 bridgehead atoms. The molecular weight excluding hydrogens is 252 g/mol. The number of nitrogens with one attached hydrogen (secondary N) is 1. The first-order valence-electron chi connectivity index (χ1n) is 7.15. The lowest BCUT2D eigenvalue weighted by Gasteiger charge is -2.51. The average Bonchev–Trinajstić information content (AvgIpc) is 2.37. The number of aryl methyl sites for hydroxylation is 1. The van der Waals surface area contributed by atoms with Gasteiger partial charge in [0.25, 0.3) is 5.91 Å². The Morgan fingerprint density at radius 2 is 2.20 bits per heavy atom. The van der Waals surface area contributed by atoms with Gasteiger partial charge in [-0.25, -0.2) is 0 Å². The van der Waals surface area contributed by atoms with Gasteiger partial charge in [0.05, 0.1) is 11.7 Å². The zero-order valence-electron chi connectivity index (χ0n) is 12.7. The minimum Gasteiger partial charge on any atom is -0.398 e. The molecule has 110 valence electrons. The van der Waals surface area contributed by atoms with Crippen LogP contribution in [-0.4, -0.2) is 24.7 Å². The van der Waals surface area contributed by atoms with Crippen LogP contribution in [-0.2, 0) is 4.74 Å². The van der Waals surface area contributed by atoms with Gasteiger partial charge in [-0.05, 0) is 31.9 Å². The number of hydrogen-bond donors (Lipinski definition) is 2. The van der Waals surface area contributed by atoms with Gasteiger partial charge in [-0.1, -0.05) is 26.0 Å². The second-order valence-corrected chi connectivity index (χ2v) is 6.07. The molecule has 1 aromatic carbocycles. The molecule has 0 aromatic heterocycles. The highest BCUT2D eigenvalue weighted by atomic mass is 16.5. The molecule has 0 spiro atoms. The molecular formula is C16H24N2O2. The lowest BCUT2D eigenvalue weighted by molar-refractivity contribution is -0.111. The molecule has 20 heavy (non-hydrogen) atoms. The maximum Gasteiger partial charge on any atom is 0.253 e. The number of amides is 1. The summed E-state index contributed by atoms with van der Waals surface area (Å²) in [4.78, 5) is 12.4. The molecule has 1 aliphatic carbocycles. The monoisotopic (exact) mass is 276 g/mol. The molecule has 4 nitrogen and oxygen atoms in total. The number of benzene rings is 1. The number of nitrogen functional groups attached to an aromatic ring is 1. The van der Waals surface area contributed by atoms with Crippen molar-refractivity contribution in [2.45, 2.75) is 46.3 Å². The highest BCUT2D eigenvalue weighted by Crippen LogP contribution is 2.42. The summed E-state index contributed by atoms with van der Waals surface area (Å²) in [6.07, 6.45) is 1.07. The first-order chi connectivity index (χ1) is 9.37. The quantitative estimate of drug-likeness (QED) is 0.831. The zero-order chi connectivity index (χ0) is 14.9. The van der Waals surface area contributed by atoms with Crippen molar-refractivity contribution in [1.29, 1.82) is 0 Å². The third-order valence-electron chi connectivity index (χ3n) is 4.38. The molecule has 1 amide bonds. The summed E-state index contributed by atoms with van der Waals surface area (Å²) >= 11 is 0. The van der Waals surface area contributed by atoms with Crippen LogP contribution < -0.4 is 11.1 Å². The van der Waals surface area contributed by atoms with Crippen LogP contribution in [0.15, 0.2) is 18.2 Å². The number of rotatable bonds is 4. The number of nitrogens with two attached hydrogens (primary N) is 1. The van der Waals surface area contributed by atoms with Gasteiger partial charge in [-0.3, -0.25) is 4.79 Å². The van der Waals surface area contributed by atoms with E-state index in [1.165, 1.54) is 0 Å². The molecule has 2 rings (SSSR count). The van der Waals surface area contributed by atoms with Gasteiger partial charge in [-0.2, -0.15) is 0 Å². The SMILES string of the molecule is CCOC1CC(NC(=O)c2c(C)cccc2N)C1(C)C. The van der Waals surface area contributed by atoms with Crippen molar-refractivity contribution in [3.63, 3.8) is 0 Å². The van der Waals surface area contributed by atoms with Gasteiger partial charge in [-0.15, -0.1) is 0 Å². The minimum atomic E-state index is -0.0892. The van der Waals surface area contributed by atoms with Crippen LogP contribution in [0.5, 0.6) is 0 Å². The molecule has 1 fully saturated rings. The van der Waals surface area contributed by atoms with E-state index >= 15 is 0 Å². The van der Waals surface area contributed by atoms with Gasteiger partial charge in [0.15, 0.2) is 0 Å². The fraction of sp³-hybridized carbons (Fsp3) is 0.562.